The van der Waals surface area contributed by atoms with Crippen LogP contribution in [0.2, 0.25) is 0 Å². The second-order valence-electron chi connectivity index (χ2n) is 3.84. The van der Waals surface area contributed by atoms with Gasteiger partial charge >= 0.3 is 6.18 Å². The van der Waals surface area contributed by atoms with E-state index in [-0.39, 0.29) is 5.75 Å². The average Bonchev–Trinajstić information content (AvgIpc) is 2.31. The van der Waals surface area contributed by atoms with Crippen LogP contribution in [-0.4, -0.2) is 23.8 Å². The molecule has 1 aromatic carbocycles. The molecule has 0 aliphatic carbocycles. The molecule has 1 aromatic rings. The zero-order valence-corrected chi connectivity index (χ0v) is 9.91. The summed E-state index contributed by atoms with van der Waals surface area (Å²) in [5.41, 5.74) is 5.44. The monoisotopic (exact) mass is 280 g/mol. The van der Waals surface area contributed by atoms with Crippen molar-refractivity contribution >= 4 is 5.84 Å². The third kappa shape index (κ3) is 4.01. The van der Waals surface area contributed by atoms with Crippen molar-refractivity contribution in [2.75, 3.05) is 6.61 Å². The number of oxime groups is 1. The second-order valence-corrected chi connectivity index (χ2v) is 3.84. The van der Waals surface area contributed by atoms with Gasteiger partial charge in [0.2, 0.25) is 0 Å². The van der Waals surface area contributed by atoms with Crippen molar-refractivity contribution in [1.29, 1.82) is 0 Å². The minimum Gasteiger partial charge on any atom is -0.492 e. The number of amidine groups is 1. The number of alkyl halides is 3. The van der Waals surface area contributed by atoms with E-state index >= 15 is 0 Å². The van der Waals surface area contributed by atoms with Gasteiger partial charge in [-0.15, -0.1) is 0 Å². The Morgan fingerprint density at radius 1 is 1.47 bits per heavy atom. The van der Waals surface area contributed by atoms with E-state index in [0.29, 0.717) is 5.56 Å². The molecule has 0 heterocycles. The highest BCUT2D eigenvalue weighted by Gasteiger charge is 2.43. The maximum absolute atomic E-state index is 12.9. The van der Waals surface area contributed by atoms with Crippen LogP contribution in [0, 0.1) is 18.7 Å². The topological polar surface area (TPSA) is 67.8 Å². The molecule has 1 rings (SSSR count). The fourth-order valence-electron chi connectivity index (χ4n) is 1.32. The molecule has 0 radical (unpaired) electrons. The molecular formula is C11H12F4N2O2. The van der Waals surface area contributed by atoms with Crippen LogP contribution in [0.25, 0.3) is 0 Å². The van der Waals surface area contributed by atoms with Crippen LogP contribution >= 0.6 is 0 Å². The summed E-state index contributed by atoms with van der Waals surface area (Å²) in [4.78, 5) is 0. The Morgan fingerprint density at radius 3 is 2.63 bits per heavy atom. The van der Waals surface area contributed by atoms with Gasteiger partial charge in [0, 0.05) is 6.07 Å². The molecule has 106 valence electrons. The molecule has 0 fully saturated rings. The number of aryl methyl sites for hydroxylation is 1. The van der Waals surface area contributed by atoms with E-state index in [2.05, 4.69) is 5.16 Å². The number of hydrogen-bond acceptors (Lipinski definition) is 3. The van der Waals surface area contributed by atoms with E-state index in [0.717, 1.165) is 12.1 Å². The highest BCUT2D eigenvalue weighted by atomic mass is 19.4. The summed E-state index contributed by atoms with van der Waals surface area (Å²) in [6.07, 6.45) is -4.72. The summed E-state index contributed by atoms with van der Waals surface area (Å²) in [7, 11) is 0. The molecule has 4 nitrogen and oxygen atoms in total. The van der Waals surface area contributed by atoms with E-state index in [9.17, 15) is 17.6 Å². The molecular weight excluding hydrogens is 268 g/mol. The molecule has 0 saturated carbocycles. The molecule has 0 amide bonds. The smallest absolute Gasteiger partial charge is 0.402 e. The molecule has 1 unspecified atom stereocenters. The van der Waals surface area contributed by atoms with Gasteiger partial charge in [0.1, 0.15) is 24.1 Å². The van der Waals surface area contributed by atoms with Crippen molar-refractivity contribution in [2.24, 2.45) is 16.8 Å². The molecule has 0 spiro atoms. The highest BCUT2D eigenvalue weighted by Crippen LogP contribution is 2.28. The van der Waals surface area contributed by atoms with Gasteiger partial charge in [0.05, 0.1) is 0 Å². The van der Waals surface area contributed by atoms with Crippen LogP contribution in [0.4, 0.5) is 17.6 Å². The van der Waals surface area contributed by atoms with Crippen molar-refractivity contribution in [3.05, 3.63) is 29.6 Å². The largest absolute Gasteiger partial charge is 0.492 e. The molecule has 0 bridgehead atoms. The number of nitrogens with two attached hydrogens (primary N) is 1. The zero-order valence-electron chi connectivity index (χ0n) is 9.91. The summed E-state index contributed by atoms with van der Waals surface area (Å²) in [5.74, 6) is -3.94. The van der Waals surface area contributed by atoms with Crippen molar-refractivity contribution in [3.8, 4) is 5.75 Å². The molecule has 3 N–H and O–H groups in total. The van der Waals surface area contributed by atoms with E-state index < -0.39 is 30.4 Å². The third-order valence-corrected chi connectivity index (χ3v) is 2.42. The summed E-state index contributed by atoms with van der Waals surface area (Å²) in [6.45, 7) is 0.657. The molecule has 8 heteroatoms. The second kappa shape index (κ2) is 5.77. The van der Waals surface area contributed by atoms with Gasteiger partial charge in [-0.2, -0.15) is 13.2 Å². The van der Waals surface area contributed by atoms with E-state index in [4.69, 9.17) is 15.7 Å². The lowest BCUT2D eigenvalue weighted by Crippen LogP contribution is -2.40. The molecule has 0 saturated heterocycles. The van der Waals surface area contributed by atoms with Gasteiger partial charge < -0.3 is 15.7 Å². The number of halogens is 4. The maximum atomic E-state index is 12.9. The lowest BCUT2D eigenvalue weighted by atomic mass is 10.1. The van der Waals surface area contributed by atoms with Crippen LogP contribution in [0.1, 0.15) is 5.56 Å². The molecule has 0 aliphatic rings. The Kier molecular flexibility index (Phi) is 4.57. The summed E-state index contributed by atoms with van der Waals surface area (Å²) in [5, 5.41) is 10.6. The predicted octanol–water partition coefficient (Wildman–Crippen LogP) is 2.44. The Bertz CT molecular complexity index is 474. The van der Waals surface area contributed by atoms with Crippen molar-refractivity contribution in [3.63, 3.8) is 0 Å². The fourth-order valence-corrected chi connectivity index (χ4v) is 1.32. The van der Waals surface area contributed by atoms with E-state index in [1.807, 2.05) is 0 Å². The summed E-state index contributed by atoms with van der Waals surface area (Å²) < 4.78 is 55.7. The average molecular weight is 280 g/mol. The standard InChI is InChI=1S/C11H12F4N2O2/c1-6-2-3-7(12)4-9(6)19-5-8(10(16)17-18)11(13,14)15/h2-4,8,18H,5H2,1H3,(H2,16,17). The van der Waals surface area contributed by atoms with Crippen LogP contribution in [0.15, 0.2) is 23.4 Å². The number of ether oxygens (including phenoxy) is 1. The lowest BCUT2D eigenvalue weighted by molar-refractivity contribution is -0.162. The quantitative estimate of drug-likeness (QED) is 0.293. The first kappa shape index (κ1) is 15.1. The fraction of sp³-hybridized carbons (Fsp3) is 0.364. The van der Waals surface area contributed by atoms with Gasteiger partial charge in [0.25, 0.3) is 0 Å². The third-order valence-electron chi connectivity index (χ3n) is 2.42. The van der Waals surface area contributed by atoms with Gasteiger partial charge in [0.15, 0.2) is 5.84 Å². The van der Waals surface area contributed by atoms with E-state index in [1.165, 1.54) is 6.07 Å². The maximum Gasteiger partial charge on any atom is 0.402 e. The molecule has 0 aliphatic heterocycles. The number of nitrogens with zero attached hydrogens (tertiary/aromatic N) is 1. The van der Waals surface area contributed by atoms with Gasteiger partial charge in [-0.3, -0.25) is 0 Å². The van der Waals surface area contributed by atoms with Crippen LogP contribution in [-0.2, 0) is 0 Å². The number of hydrogen-bond donors (Lipinski definition) is 2. The van der Waals surface area contributed by atoms with Gasteiger partial charge in [-0.1, -0.05) is 11.2 Å². The van der Waals surface area contributed by atoms with Crippen molar-refractivity contribution in [2.45, 2.75) is 13.1 Å². The zero-order chi connectivity index (χ0) is 14.6. The Morgan fingerprint density at radius 2 is 2.11 bits per heavy atom. The molecule has 0 aromatic heterocycles. The van der Waals surface area contributed by atoms with Gasteiger partial charge in [-0.05, 0) is 18.6 Å². The van der Waals surface area contributed by atoms with Crippen LogP contribution in [0.3, 0.4) is 0 Å². The molecule has 19 heavy (non-hydrogen) atoms. The summed E-state index contributed by atoms with van der Waals surface area (Å²) in [6, 6.07) is 3.50. The first-order valence-electron chi connectivity index (χ1n) is 5.18. The summed E-state index contributed by atoms with van der Waals surface area (Å²) >= 11 is 0. The molecule has 1 atom stereocenters. The SMILES string of the molecule is Cc1ccc(F)cc1OCC(/C(N)=N/O)C(F)(F)F. The van der Waals surface area contributed by atoms with Crippen LogP contribution in [0.5, 0.6) is 5.75 Å². The lowest BCUT2D eigenvalue weighted by Gasteiger charge is -2.19. The Balaban J connectivity index is 2.85. The van der Waals surface area contributed by atoms with Crippen molar-refractivity contribution in [1.82, 2.24) is 0 Å². The minimum absolute atomic E-state index is 0.0278. The Hall–Kier alpha value is -1.99. The highest BCUT2D eigenvalue weighted by molar-refractivity contribution is 5.83. The Labute approximate surface area is 106 Å². The normalized spacial score (nSPS) is 14.3. The van der Waals surface area contributed by atoms with Crippen LogP contribution < -0.4 is 10.5 Å². The first-order chi connectivity index (χ1) is 8.75. The van der Waals surface area contributed by atoms with Crippen molar-refractivity contribution < 1.29 is 27.5 Å². The van der Waals surface area contributed by atoms with Gasteiger partial charge in [-0.25, -0.2) is 4.39 Å². The van der Waals surface area contributed by atoms with E-state index in [1.54, 1.807) is 6.92 Å². The number of benzene rings is 1. The minimum atomic E-state index is -4.72. The predicted molar refractivity (Wildman–Crippen MR) is 59.6 cm³/mol. The number of rotatable bonds is 4. The first-order valence-corrected chi connectivity index (χ1v) is 5.18.